The molecule has 0 aliphatic carbocycles. The zero-order valence-electron chi connectivity index (χ0n) is 11.4. The van der Waals surface area contributed by atoms with Gasteiger partial charge in [-0.25, -0.2) is 8.42 Å². The lowest BCUT2D eigenvalue weighted by Crippen LogP contribution is -2.62. The fraction of sp³-hybridized carbons (Fsp3) is 0.462. The Hall–Kier alpha value is -1.44. The molecule has 110 valence electrons. The van der Waals surface area contributed by atoms with Gasteiger partial charge in [-0.2, -0.15) is 4.31 Å². The van der Waals surface area contributed by atoms with Crippen molar-refractivity contribution in [1.29, 1.82) is 0 Å². The van der Waals surface area contributed by atoms with Gasteiger partial charge in [0.1, 0.15) is 6.04 Å². The van der Waals surface area contributed by atoms with Gasteiger partial charge in [0.25, 0.3) is 0 Å². The summed E-state index contributed by atoms with van der Waals surface area (Å²) < 4.78 is 26.4. The van der Waals surface area contributed by atoms with Gasteiger partial charge >= 0.3 is 0 Å². The maximum absolute atomic E-state index is 12.7. The van der Waals surface area contributed by atoms with Crippen molar-refractivity contribution in [2.45, 2.75) is 23.9 Å². The molecule has 1 amide bonds. The second kappa shape index (κ2) is 5.51. The Balaban J connectivity index is 2.45. The number of aliphatic hydroxyl groups excluding tert-OH is 1. The Kier molecular flexibility index (Phi) is 4.12. The normalized spacial score (nSPS) is 24.9. The highest BCUT2D eigenvalue weighted by Crippen LogP contribution is 2.25. The van der Waals surface area contributed by atoms with Gasteiger partial charge in [0.2, 0.25) is 15.9 Å². The Morgan fingerprint density at radius 1 is 1.30 bits per heavy atom. The summed E-state index contributed by atoms with van der Waals surface area (Å²) in [4.78, 5) is 13.6. The molecule has 1 aromatic rings. The highest BCUT2D eigenvalue weighted by molar-refractivity contribution is 7.89. The lowest BCUT2D eigenvalue weighted by molar-refractivity contribution is -0.139. The van der Waals surface area contributed by atoms with E-state index in [2.05, 4.69) is 0 Å². The number of sulfonamides is 1. The molecule has 1 heterocycles. The number of hydrogen-bond donors (Lipinski definition) is 1. The van der Waals surface area contributed by atoms with Crippen LogP contribution in [0, 0.1) is 0 Å². The van der Waals surface area contributed by atoms with Crippen LogP contribution in [-0.2, 0) is 14.8 Å². The highest BCUT2D eigenvalue weighted by atomic mass is 32.2. The fourth-order valence-electron chi connectivity index (χ4n) is 2.49. The van der Waals surface area contributed by atoms with Gasteiger partial charge in [0, 0.05) is 13.6 Å². The van der Waals surface area contributed by atoms with E-state index in [4.69, 9.17) is 0 Å². The number of aliphatic hydroxyl groups is 1. The van der Waals surface area contributed by atoms with Crippen molar-refractivity contribution >= 4 is 15.9 Å². The molecule has 1 aliphatic heterocycles. The van der Waals surface area contributed by atoms with Crippen LogP contribution < -0.4 is 0 Å². The summed E-state index contributed by atoms with van der Waals surface area (Å²) in [5, 5.41) is 9.45. The summed E-state index contributed by atoms with van der Waals surface area (Å²) in [6, 6.07) is 6.50. The van der Waals surface area contributed by atoms with Gasteiger partial charge in [-0.1, -0.05) is 18.2 Å². The maximum Gasteiger partial charge on any atom is 0.244 e. The Morgan fingerprint density at radius 3 is 2.45 bits per heavy atom. The maximum atomic E-state index is 12.7. The summed E-state index contributed by atoms with van der Waals surface area (Å²) in [6.45, 7) is 1.40. The zero-order valence-corrected chi connectivity index (χ0v) is 12.2. The third-order valence-corrected chi connectivity index (χ3v) is 5.53. The van der Waals surface area contributed by atoms with E-state index in [-0.39, 0.29) is 24.0 Å². The Labute approximate surface area is 118 Å². The van der Waals surface area contributed by atoms with Crippen LogP contribution in [0.3, 0.4) is 0 Å². The van der Waals surface area contributed by atoms with Crippen molar-refractivity contribution in [3.05, 3.63) is 30.3 Å². The van der Waals surface area contributed by atoms with Crippen LogP contribution in [-0.4, -0.2) is 60.9 Å². The molecule has 6 nitrogen and oxygen atoms in total. The molecule has 0 bridgehead atoms. The van der Waals surface area contributed by atoms with Crippen molar-refractivity contribution in [3.63, 3.8) is 0 Å². The second-order valence-electron chi connectivity index (χ2n) is 4.88. The first-order valence-electron chi connectivity index (χ1n) is 6.34. The number of carbonyl (C=O) groups is 1. The molecule has 1 fully saturated rings. The summed E-state index contributed by atoms with van der Waals surface area (Å²) in [5.74, 6) is -0.269. The van der Waals surface area contributed by atoms with Crippen LogP contribution in [0.1, 0.15) is 6.92 Å². The summed E-state index contributed by atoms with van der Waals surface area (Å²) in [6.07, 6.45) is 0. The van der Waals surface area contributed by atoms with E-state index in [9.17, 15) is 18.3 Å². The first kappa shape index (κ1) is 15.0. The van der Waals surface area contributed by atoms with Gasteiger partial charge in [0.15, 0.2) is 0 Å². The van der Waals surface area contributed by atoms with Crippen LogP contribution in [0.4, 0.5) is 0 Å². The predicted molar refractivity (Wildman–Crippen MR) is 73.4 cm³/mol. The number of rotatable bonds is 3. The van der Waals surface area contributed by atoms with E-state index in [0.717, 1.165) is 4.31 Å². The first-order valence-corrected chi connectivity index (χ1v) is 7.78. The standard InChI is InChI=1S/C13H18N2O4S/c1-10-13(17)14(2)8-11(9-16)15(10)20(18,19)12-6-4-3-5-7-12/h3-7,10-11,16H,8-9H2,1-2H3/t10-,11+/m0/s1. The average molecular weight is 298 g/mol. The summed E-state index contributed by atoms with van der Waals surface area (Å²) in [5.41, 5.74) is 0. The van der Waals surface area contributed by atoms with Crippen LogP contribution in [0.25, 0.3) is 0 Å². The number of piperazine rings is 1. The van der Waals surface area contributed by atoms with Crippen molar-refractivity contribution in [1.82, 2.24) is 9.21 Å². The smallest absolute Gasteiger partial charge is 0.244 e. The Morgan fingerprint density at radius 2 is 1.90 bits per heavy atom. The summed E-state index contributed by atoms with van der Waals surface area (Å²) >= 11 is 0. The highest BCUT2D eigenvalue weighted by Gasteiger charge is 2.43. The molecule has 0 aromatic heterocycles. The molecule has 7 heteroatoms. The van der Waals surface area contributed by atoms with Crippen LogP contribution in [0.5, 0.6) is 0 Å². The van der Waals surface area contributed by atoms with E-state index in [1.807, 2.05) is 0 Å². The lowest BCUT2D eigenvalue weighted by Gasteiger charge is -2.41. The minimum absolute atomic E-state index is 0.127. The SMILES string of the molecule is C[C@H]1C(=O)N(C)C[C@H](CO)N1S(=O)(=O)c1ccccc1. The fourth-order valence-corrected chi connectivity index (χ4v) is 4.26. The van der Waals surface area contributed by atoms with Crippen LogP contribution >= 0.6 is 0 Å². The quantitative estimate of drug-likeness (QED) is 0.845. The molecule has 0 spiro atoms. The van der Waals surface area contributed by atoms with Gasteiger partial charge in [0.05, 0.1) is 17.5 Å². The number of hydrogen-bond acceptors (Lipinski definition) is 4. The van der Waals surface area contributed by atoms with Crippen molar-refractivity contribution in [2.24, 2.45) is 0 Å². The molecular weight excluding hydrogens is 280 g/mol. The van der Waals surface area contributed by atoms with Crippen molar-refractivity contribution in [2.75, 3.05) is 20.2 Å². The lowest BCUT2D eigenvalue weighted by atomic mass is 10.1. The first-order chi connectivity index (χ1) is 9.39. The third kappa shape index (κ3) is 2.44. The van der Waals surface area contributed by atoms with Gasteiger partial charge < -0.3 is 10.0 Å². The molecule has 2 atom stereocenters. The minimum atomic E-state index is -3.80. The molecule has 1 N–H and O–H groups in total. The number of nitrogens with zero attached hydrogens (tertiary/aromatic N) is 2. The molecule has 2 rings (SSSR count). The minimum Gasteiger partial charge on any atom is -0.395 e. The van der Waals surface area contributed by atoms with E-state index in [1.165, 1.54) is 17.0 Å². The molecular formula is C13H18N2O4S. The zero-order chi connectivity index (χ0) is 14.9. The van der Waals surface area contributed by atoms with Crippen LogP contribution in [0.2, 0.25) is 0 Å². The van der Waals surface area contributed by atoms with Gasteiger partial charge in [-0.3, -0.25) is 4.79 Å². The monoisotopic (exact) mass is 298 g/mol. The molecule has 0 radical (unpaired) electrons. The van der Waals surface area contributed by atoms with Crippen molar-refractivity contribution < 1.29 is 18.3 Å². The molecule has 1 saturated heterocycles. The van der Waals surface area contributed by atoms with Crippen LogP contribution in [0.15, 0.2) is 35.2 Å². The Bertz CT molecular complexity index is 588. The van der Waals surface area contributed by atoms with E-state index >= 15 is 0 Å². The third-order valence-electron chi connectivity index (χ3n) is 3.49. The molecule has 1 aromatic carbocycles. The summed E-state index contributed by atoms with van der Waals surface area (Å²) in [7, 11) is -2.20. The average Bonchev–Trinajstić information content (AvgIpc) is 2.44. The molecule has 0 saturated carbocycles. The molecule has 20 heavy (non-hydrogen) atoms. The number of likely N-dealkylation sites (N-methyl/N-ethyl adjacent to an activating group) is 1. The van der Waals surface area contributed by atoms with Gasteiger partial charge in [-0.05, 0) is 19.1 Å². The van der Waals surface area contributed by atoms with Crippen molar-refractivity contribution in [3.8, 4) is 0 Å². The number of amides is 1. The molecule has 1 aliphatic rings. The number of carbonyl (C=O) groups excluding carboxylic acids is 1. The van der Waals surface area contributed by atoms with E-state index in [0.29, 0.717) is 0 Å². The second-order valence-corrected chi connectivity index (χ2v) is 6.72. The van der Waals surface area contributed by atoms with Gasteiger partial charge in [-0.15, -0.1) is 0 Å². The van der Waals surface area contributed by atoms with E-state index in [1.54, 1.807) is 32.2 Å². The number of benzene rings is 1. The topological polar surface area (TPSA) is 77.9 Å². The predicted octanol–water partition coefficient (Wildman–Crippen LogP) is -0.101. The van der Waals surface area contributed by atoms with E-state index < -0.39 is 22.1 Å². The molecule has 0 unspecified atom stereocenters. The largest absolute Gasteiger partial charge is 0.395 e.